The Bertz CT molecular complexity index is 1330. The molecule has 1 aliphatic carbocycles. The highest BCUT2D eigenvalue weighted by molar-refractivity contribution is 7.90. The summed E-state index contributed by atoms with van der Waals surface area (Å²) >= 11 is 0. The number of piperidine rings is 1. The summed E-state index contributed by atoms with van der Waals surface area (Å²) in [4.78, 5) is 13.9. The van der Waals surface area contributed by atoms with Crippen LogP contribution in [0.3, 0.4) is 0 Å². The molecule has 1 atom stereocenters. The Morgan fingerprint density at radius 3 is 2.50 bits per heavy atom. The molecule has 1 unspecified atom stereocenters. The third kappa shape index (κ3) is 4.39. The molecule has 9 heteroatoms. The second-order valence-electron chi connectivity index (χ2n) is 9.67. The number of sulfonamides is 1. The summed E-state index contributed by atoms with van der Waals surface area (Å²) in [6.45, 7) is 7.15. The van der Waals surface area contributed by atoms with Crippen molar-refractivity contribution >= 4 is 26.9 Å². The Labute approximate surface area is 201 Å². The van der Waals surface area contributed by atoms with Gasteiger partial charge in [-0.25, -0.2) is 22.7 Å². The van der Waals surface area contributed by atoms with Gasteiger partial charge in [-0.2, -0.15) is 0 Å². The highest BCUT2D eigenvalue weighted by Gasteiger charge is 2.41. The predicted octanol–water partition coefficient (Wildman–Crippen LogP) is 3.70. The second kappa shape index (κ2) is 8.87. The van der Waals surface area contributed by atoms with Crippen LogP contribution in [-0.4, -0.2) is 52.1 Å². The van der Waals surface area contributed by atoms with Gasteiger partial charge in [-0.15, -0.1) is 0 Å². The van der Waals surface area contributed by atoms with Crippen LogP contribution in [0.4, 0.5) is 5.95 Å². The van der Waals surface area contributed by atoms with Gasteiger partial charge in [-0.3, -0.25) is 4.98 Å². The second-order valence-corrected chi connectivity index (χ2v) is 11.9. The van der Waals surface area contributed by atoms with E-state index in [4.69, 9.17) is 10.7 Å². The van der Waals surface area contributed by atoms with Gasteiger partial charge < -0.3 is 11.1 Å². The number of benzene rings is 1. The zero-order chi connectivity index (χ0) is 24.0. The molecule has 1 saturated carbocycles. The normalized spacial score (nSPS) is 18.8. The zero-order valence-corrected chi connectivity index (χ0v) is 20.8. The van der Waals surface area contributed by atoms with E-state index >= 15 is 0 Å². The summed E-state index contributed by atoms with van der Waals surface area (Å²) in [6.07, 6.45) is 6.75. The van der Waals surface area contributed by atoms with E-state index in [1.54, 1.807) is 4.31 Å². The van der Waals surface area contributed by atoms with Gasteiger partial charge in [0.05, 0.1) is 16.5 Å². The number of aryl methyl sites for hydroxylation is 2. The summed E-state index contributed by atoms with van der Waals surface area (Å²) in [6, 6.07) is 6.26. The number of nitrogens with zero attached hydrogens (tertiary/aromatic N) is 4. The molecule has 0 spiro atoms. The molecule has 3 N–H and O–H groups in total. The van der Waals surface area contributed by atoms with Crippen molar-refractivity contribution in [3.8, 4) is 11.3 Å². The number of anilines is 1. The SMILES string of the molecule is Cc1cnc(NC2CCN(S(=O)(=O)C3CC3)CC2)nc1-c1cc(C)c2nccc(C(C)N)c2c1. The molecular weight excluding hydrogens is 448 g/mol. The smallest absolute Gasteiger partial charge is 0.223 e. The molecule has 1 aromatic carbocycles. The fraction of sp³-hybridized carbons (Fsp3) is 0.480. The van der Waals surface area contributed by atoms with Gasteiger partial charge in [0.25, 0.3) is 0 Å². The highest BCUT2D eigenvalue weighted by atomic mass is 32.2. The van der Waals surface area contributed by atoms with Gasteiger partial charge in [0.1, 0.15) is 0 Å². The summed E-state index contributed by atoms with van der Waals surface area (Å²) < 4.78 is 26.7. The maximum Gasteiger partial charge on any atom is 0.223 e. The molecule has 1 saturated heterocycles. The maximum atomic E-state index is 12.5. The standard InChI is InChI=1S/C25H32N6O2S/c1-15-12-18(13-22-21(17(3)26)6-9-27-24(15)22)23-16(2)14-28-25(30-23)29-19-7-10-31(11-8-19)34(32,33)20-4-5-20/h6,9,12-14,17,19-20H,4-5,7-8,10-11,26H2,1-3H3,(H,28,29,30). The number of hydrogen-bond acceptors (Lipinski definition) is 7. The average Bonchev–Trinajstić information content (AvgIpc) is 3.66. The Balaban J connectivity index is 1.38. The summed E-state index contributed by atoms with van der Waals surface area (Å²) in [7, 11) is -3.11. The van der Waals surface area contributed by atoms with Crippen LogP contribution in [0.25, 0.3) is 22.2 Å². The molecule has 8 nitrogen and oxygen atoms in total. The van der Waals surface area contributed by atoms with Crippen molar-refractivity contribution in [2.24, 2.45) is 5.73 Å². The molecular formula is C25H32N6O2S. The summed E-state index contributed by atoms with van der Waals surface area (Å²) in [5.74, 6) is 0.570. The van der Waals surface area contributed by atoms with E-state index in [1.807, 2.05) is 32.3 Å². The van der Waals surface area contributed by atoms with Crippen molar-refractivity contribution in [2.75, 3.05) is 18.4 Å². The van der Waals surface area contributed by atoms with Crippen LogP contribution < -0.4 is 11.1 Å². The monoisotopic (exact) mass is 480 g/mol. The topological polar surface area (TPSA) is 114 Å². The van der Waals surface area contributed by atoms with Crippen molar-refractivity contribution in [1.29, 1.82) is 0 Å². The van der Waals surface area contributed by atoms with Gasteiger partial charge in [0.2, 0.25) is 16.0 Å². The largest absolute Gasteiger partial charge is 0.351 e. The van der Waals surface area contributed by atoms with E-state index in [-0.39, 0.29) is 17.3 Å². The molecule has 3 heterocycles. The lowest BCUT2D eigenvalue weighted by Gasteiger charge is -2.31. The number of aromatic nitrogens is 3. The summed E-state index contributed by atoms with van der Waals surface area (Å²) in [5.41, 5.74) is 12.2. The lowest BCUT2D eigenvalue weighted by molar-refractivity contribution is 0.328. The van der Waals surface area contributed by atoms with Crippen LogP contribution in [0, 0.1) is 13.8 Å². The first kappa shape index (κ1) is 23.1. The summed E-state index contributed by atoms with van der Waals surface area (Å²) in [5, 5.41) is 4.34. The van der Waals surface area contributed by atoms with Crippen molar-refractivity contribution in [3.05, 3.63) is 47.3 Å². The molecule has 1 aliphatic heterocycles. The number of pyridine rings is 1. The van der Waals surface area contributed by atoms with Crippen molar-refractivity contribution in [3.63, 3.8) is 0 Å². The van der Waals surface area contributed by atoms with Crippen LogP contribution in [-0.2, 0) is 10.0 Å². The maximum absolute atomic E-state index is 12.5. The third-order valence-corrected chi connectivity index (χ3v) is 9.30. The lowest BCUT2D eigenvalue weighted by Crippen LogP contribution is -2.43. The van der Waals surface area contributed by atoms with E-state index < -0.39 is 10.0 Å². The third-order valence-electron chi connectivity index (χ3n) is 6.90. The molecule has 2 fully saturated rings. The van der Waals surface area contributed by atoms with E-state index in [0.29, 0.717) is 19.0 Å². The molecule has 0 amide bonds. The Morgan fingerprint density at radius 1 is 1.09 bits per heavy atom. The van der Waals surface area contributed by atoms with Crippen LogP contribution in [0.2, 0.25) is 0 Å². The number of rotatable bonds is 6. The quantitative estimate of drug-likeness (QED) is 0.553. The fourth-order valence-electron chi connectivity index (χ4n) is 4.80. The van der Waals surface area contributed by atoms with E-state index in [9.17, 15) is 8.42 Å². The number of nitrogens with two attached hydrogens (primary N) is 1. The first-order chi connectivity index (χ1) is 16.2. The van der Waals surface area contributed by atoms with Gasteiger partial charge in [0, 0.05) is 48.5 Å². The van der Waals surface area contributed by atoms with E-state index in [0.717, 1.165) is 64.5 Å². The lowest BCUT2D eigenvalue weighted by atomic mass is 9.97. The molecule has 2 aromatic heterocycles. The molecule has 180 valence electrons. The average molecular weight is 481 g/mol. The minimum absolute atomic E-state index is 0.0986. The molecule has 5 rings (SSSR count). The van der Waals surface area contributed by atoms with Crippen LogP contribution >= 0.6 is 0 Å². The fourth-order valence-corrected chi connectivity index (χ4v) is 6.68. The van der Waals surface area contributed by atoms with Crippen molar-refractivity contribution < 1.29 is 8.42 Å². The van der Waals surface area contributed by atoms with Gasteiger partial charge >= 0.3 is 0 Å². The minimum atomic E-state index is -3.11. The van der Waals surface area contributed by atoms with Crippen LogP contribution in [0.15, 0.2) is 30.6 Å². The van der Waals surface area contributed by atoms with Crippen molar-refractivity contribution in [2.45, 2.75) is 63.8 Å². The van der Waals surface area contributed by atoms with E-state index in [2.05, 4.69) is 34.3 Å². The van der Waals surface area contributed by atoms with Gasteiger partial charge in [-0.1, -0.05) is 0 Å². The zero-order valence-electron chi connectivity index (χ0n) is 20.0. The van der Waals surface area contributed by atoms with Gasteiger partial charge in [-0.05, 0) is 81.3 Å². The number of fused-ring (bicyclic) bond motifs is 1. The molecule has 0 radical (unpaired) electrons. The minimum Gasteiger partial charge on any atom is -0.351 e. The predicted molar refractivity (Wildman–Crippen MR) is 135 cm³/mol. The van der Waals surface area contributed by atoms with Crippen LogP contribution in [0.5, 0.6) is 0 Å². The number of nitrogens with one attached hydrogen (secondary N) is 1. The Morgan fingerprint density at radius 2 is 1.82 bits per heavy atom. The molecule has 2 aliphatic rings. The Kier molecular flexibility index (Phi) is 6.03. The highest BCUT2D eigenvalue weighted by Crippen LogP contribution is 2.33. The number of hydrogen-bond donors (Lipinski definition) is 2. The molecule has 3 aromatic rings. The van der Waals surface area contributed by atoms with Crippen LogP contribution in [0.1, 0.15) is 55.3 Å². The van der Waals surface area contributed by atoms with E-state index in [1.165, 1.54) is 0 Å². The Hall–Kier alpha value is -2.62. The molecule has 0 bridgehead atoms. The van der Waals surface area contributed by atoms with Crippen molar-refractivity contribution in [1.82, 2.24) is 19.3 Å². The molecule has 34 heavy (non-hydrogen) atoms. The first-order valence-electron chi connectivity index (χ1n) is 12.0. The first-order valence-corrected chi connectivity index (χ1v) is 13.5. The van der Waals surface area contributed by atoms with Gasteiger partial charge in [0.15, 0.2) is 0 Å².